The van der Waals surface area contributed by atoms with Crippen LogP contribution in [-0.2, 0) is 6.42 Å². The Kier molecular flexibility index (Phi) is 3.88. The lowest BCUT2D eigenvalue weighted by Gasteiger charge is -2.32. The molecule has 1 aliphatic rings. The van der Waals surface area contributed by atoms with Crippen LogP contribution in [0.2, 0.25) is 0 Å². The molecule has 0 saturated heterocycles. The molecule has 2 atom stereocenters. The van der Waals surface area contributed by atoms with Gasteiger partial charge in [0, 0.05) is 0 Å². The summed E-state index contributed by atoms with van der Waals surface area (Å²) in [7, 11) is 1.97. The molecule has 2 aromatic carbocycles. The van der Waals surface area contributed by atoms with Crippen molar-refractivity contribution >= 4 is 0 Å². The SMILES string of the molecule is CNC(Cc1ccccc1)C1COc2ccccc2O1. The van der Waals surface area contributed by atoms with Crippen molar-refractivity contribution in [2.75, 3.05) is 13.7 Å². The van der Waals surface area contributed by atoms with E-state index in [0.29, 0.717) is 6.61 Å². The van der Waals surface area contributed by atoms with E-state index in [9.17, 15) is 0 Å². The molecular weight excluding hydrogens is 250 g/mol. The van der Waals surface area contributed by atoms with Crippen molar-refractivity contribution in [1.82, 2.24) is 5.32 Å². The van der Waals surface area contributed by atoms with Crippen molar-refractivity contribution in [3.8, 4) is 11.5 Å². The predicted octanol–water partition coefficient (Wildman–Crippen LogP) is 2.66. The Bertz CT molecular complexity index is 556. The van der Waals surface area contributed by atoms with Crippen LogP contribution in [0.15, 0.2) is 54.6 Å². The third kappa shape index (κ3) is 2.78. The fourth-order valence-electron chi connectivity index (χ4n) is 2.52. The quantitative estimate of drug-likeness (QED) is 0.925. The Morgan fingerprint density at radius 1 is 1.05 bits per heavy atom. The molecule has 104 valence electrons. The largest absolute Gasteiger partial charge is 0.486 e. The van der Waals surface area contributed by atoms with E-state index in [4.69, 9.17) is 9.47 Å². The average molecular weight is 269 g/mol. The molecule has 0 fully saturated rings. The van der Waals surface area contributed by atoms with Gasteiger partial charge in [0.25, 0.3) is 0 Å². The summed E-state index contributed by atoms with van der Waals surface area (Å²) in [5, 5.41) is 3.35. The lowest BCUT2D eigenvalue weighted by atomic mass is 10.0. The first-order valence-corrected chi connectivity index (χ1v) is 6.96. The van der Waals surface area contributed by atoms with Gasteiger partial charge in [-0.25, -0.2) is 0 Å². The number of hydrogen-bond acceptors (Lipinski definition) is 3. The second-order valence-electron chi connectivity index (χ2n) is 5.00. The van der Waals surface area contributed by atoms with Crippen molar-refractivity contribution in [2.24, 2.45) is 0 Å². The van der Waals surface area contributed by atoms with Crippen molar-refractivity contribution in [2.45, 2.75) is 18.6 Å². The van der Waals surface area contributed by atoms with E-state index in [1.807, 2.05) is 37.4 Å². The summed E-state index contributed by atoms with van der Waals surface area (Å²) in [6.07, 6.45) is 0.947. The second-order valence-corrected chi connectivity index (χ2v) is 5.00. The molecule has 0 bridgehead atoms. The highest BCUT2D eigenvalue weighted by atomic mass is 16.6. The zero-order valence-electron chi connectivity index (χ0n) is 11.6. The number of rotatable bonds is 4. The highest BCUT2D eigenvalue weighted by Crippen LogP contribution is 2.31. The van der Waals surface area contributed by atoms with Gasteiger partial charge in [-0.15, -0.1) is 0 Å². The highest BCUT2D eigenvalue weighted by Gasteiger charge is 2.27. The zero-order valence-corrected chi connectivity index (χ0v) is 11.6. The molecule has 1 heterocycles. The summed E-state index contributed by atoms with van der Waals surface area (Å²) in [6, 6.07) is 18.5. The second kappa shape index (κ2) is 5.97. The summed E-state index contributed by atoms with van der Waals surface area (Å²) >= 11 is 0. The van der Waals surface area contributed by atoms with Crippen LogP contribution in [-0.4, -0.2) is 25.8 Å². The van der Waals surface area contributed by atoms with Crippen LogP contribution in [0, 0.1) is 0 Å². The molecule has 2 aromatic rings. The van der Waals surface area contributed by atoms with Crippen LogP contribution < -0.4 is 14.8 Å². The number of ether oxygens (including phenoxy) is 2. The van der Waals surface area contributed by atoms with Gasteiger partial charge in [0.2, 0.25) is 0 Å². The Labute approximate surface area is 119 Å². The third-order valence-corrected chi connectivity index (χ3v) is 3.65. The van der Waals surface area contributed by atoms with Crippen LogP contribution in [0.3, 0.4) is 0 Å². The van der Waals surface area contributed by atoms with Gasteiger partial charge in [0.15, 0.2) is 11.5 Å². The van der Waals surface area contributed by atoms with Crippen molar-refractivity contribution in [1.29, 1.82) is 0 Å². The average Bonchev–Trinajstić information content (AvgIpc) is 2.53. The van der Waals surface area contributed by atoms with Gasteiger partial charge in [0.05, 0.1) is 6.04 Å². The lowest BCUT2D eigenvalue weighted by Crippen LogP contribution is -2.47. The molecule has 0 radical (unpaired) electrons. The summed E-state index contributed by atoms with van der Waals surface area (Å²) in [4.78, 5) is 0. The standard InChI is InChI=1S/C17H19NO2/c1-18-14(11-13-7-3-2-4-8-13)17-12-19-15-9-5-6-10-16(15)20-17/h2-10,14,17-18H,11-12H2,1H3. The fourth-order valence-corrected chi connectivity index (χ4v) is 2.52. The highest BCUT2D eigenvalue weighted by molar-refractivity contribution is 5.40. The Morgan fingerprint density at radius 2 is 1.75 bits per heavy atom. The minimum Gasteiger partial charge on any atom is -0.486 e. The van der Waals surface area contributed by atoms with Gasteiger partial charge in [-0.1, -0.05) is 42.5 Å². The van der Waals surface area contributed by atoms with E-state index in [1.54, 1.807) is 0 Å². The number of nitrogens with one attached hydrogen (secondary N) is 1. The topological polar surface area (TPSA) is 30.5 Å². The van der Waals surface area contributed by atoms with E-state index in [0.717, 1.165) is 17.9 Å². The van der Waals surface area contributed by atoms with E-state index in [1.165, 1.54) is 5.56 Å². The number of likely N-dealkylation sites (N-methyl/N-ethyl adjacent to an activating group) is 1. The van der Waals surface area contributed by atoms with Crippen LogP contribution in [0.5, 0.6) is 11.5 Å². The number of hydrogen-bond donors (Lipinski definition) is 1. The monoisotopic (exact) mass is 269 g/mol. The minimum atomic E-state index is 0.0232. The molecule has 1 aliphatic heterocycles. The smallest absolute Gasteiger partial charge is 0.161 e. The molecule has 20 heavy (non-hydrogen) atoms. The van der Waals surface area contributed by atoms with Crippen LogP contribution >= 0.6 is 0 Å². The molecule has 2 unspecified atom stereocenters. The Balaban J connectivity index is 1.72. The third-order valence-electron chi connectivity index (χ3n) is 3.65. The molecule has 3 nitrogen and oxygen atoms in total. The molecule has 1 N–H and O–H groups in total. The van der Waals surface area contributed by atoms with E-state index >= 15 is 0 Å². The van der Waals surface area contributed by atoms with Crippen molar-refractivity contribution in [3.05, 3.63) is 60.2 Å². The van der Waals surface area contributed by atoms with Crippen LogP contribution in [0.1, 0.15) is 5.56 Å². The number of benzene rings is 2. The Morgan fingerprint density at radius 3 is 2.50 bits per heavy atom. The van der Waals surface area contributed by atoms with E-state index < -0.39 is 0 Å². The van der Waals surface area contributed by atoms with Crippen molar-refractivity contribution < 1.29 is 9.47 Å². The van der Waals surface area contributed by atoms with Crippen LogP contribution in [0.4, 0.5) is 0 Å². The fraction of sp³-hybridized carbons (Fsp3) is 0.294. The molecule has 0 saturated carbocycles. The normalized spacial score (nSPS) is 18.6. The van der Waals surface area contributed by atoms with Gasteiger partial charge in [-0.05, 0) is 31.2 Å². The first-order valence-electron chi connectivity index (χ1n) is 6.96. The molecular formula is C17H19NO2. The summed E-state index contributed by atoms with van der Waals surface area (Å²) in [6.45, 7) is 0.579. The molecule has 3 heteroatoms. The lowest BCUT2D eigenvalue weighted by molar-refractivity contribution is 0.0641. The summed E-state index contributed by atoms with van der Waals surface area (Å²) in [5.41, 5.74) is 1.30. The van der Waals surface area contributed by atoms with E-state index in [2.05, 4.69) is 29.6 Å². The maximum Gasteiger partial charge on any atom is 0.161 e. The summed E-state index contributed by atoms with van der Waals surface area (Å²) in [5.74, 6) is 1.66. The zero-order chi connectivity index (χ0) is 13.8. The van der Waals surface area contributed by atoms with E-state index in [-0.39, 0.29) is 12.1 Å². The maximum atomic E-state index is 6.07. The van der Waals surface area contributed by atoms with Gasteiger partial charge in [-0.2, -0.15) is 0 Å². The van der Waals surface area contributed by atoms with Gasteiger partial charge < -0.3 is 14.8 Å². The predicted molar refractivity (Wildman–Crippen MR) is 79.3 cm³/mol. The Hall–Kier alpha value is -2.00. The van der Waals surface area contributed by atoms with Gasteiger partial charge >= 0.3 is 0 Å². The summed E-state index contributed by atoms with van der Waals surface area (Å²) < 4.78 is 11.9. The number of fused-ring (bicyclic) bond motifs is 1. The first kappa shape index (κ1) is 13.0. The minimum absolute atomic E-state index is 0.0232. The first-order chi connectivity index (χ1) is 9.86. The molecule has 0 amide bonds. The van der Waals surface area contributed by atoms with Gasteiger partial charge in [0.1, 0.15) is 12.7 Å². The van der Waals surface area contributed by atoms with Crippen LogP contribution in [0.25, 0.3) is 0 Å². The maximum absolute atomic E-state index is 6.07. The molecule has 0 spiro atoms. The molecule has 3 rings (SSSR count). The molecule has 0 aliphatic carbocycles. The van der Waals surface area contributed by atoms with Crippen molar-refractivity contribution in [3.63, 3.8) is 0 Å². The molecule has 0 aromatic heterocycles. The number of para-hydroxylation sites is 2. The van der Waals surface area contributed by atoms with Gasteiger partial charge in [-0.3, -0.25) is 0 Å².